The molecule has 0 aliphatic rings. The molecule has 33 heavy (non-hydrogen) atoms. The van der Waals surface area contributed by atoms with E-state index in [-0.39, 0.29) is 13.0 Å². The summed E-state index contributed by atoms with van der Waals surface area (Å²) in [5, 5.41) is 18.4. The van der Waals surface area contributed by atoms with E-state index in [1.807, 2.05) is 30.3 Å². The highest BCUT2D eigenvalue weighted by Gasteiger charge is 2.09. The van der Waals surface area contributed by atoms with Crippen molar-refractivity contribution in [1.29, 1.82) is 0 Å². The molecular formula is C23H32N4O4S2. The lowest BCUT2D eigenvalue weighted by atomic mass is 10.0. The van der Waals surface area contributed by atoms with Gasteiger partial charge in [-0.25, -0.2) is 8.42 Å². The molecule has 0 amide bonds. The van der Waals surface area contributed by atoms with Crippen molar-refractivity contribution in [2.24, 2.45) is 0 Å². The SMILES string of the molecule is CS(=O)(=O)Nc1ccc(NCCc2ccccc2)cc1CCCCNC(=S)NCCC(=O)O. The fraction of sp³-hybridized carbons (Fsp3) is 0.391. The summed E-state index contributed by atoms with van der Waals surface area (Å²) in [7, 11) is -3.38. The number of aryl methyl sites for hydroxylation is 1. The molecule has 10 heteroatoms. The van der Waals surface area contributed by atoms with Gasteiger partial charge in [0.2, 0.25) is 10.0 Å². The van der Waals surface area contributed by atoms with Gasteiger partial charge in [0.1, 0.15) is 0 Å². The maximum absolute atomic E-state index is 11.8. The van der Waals surface area contributed by atoms with E-state index in [0.717, 1.165) is 43.3 Å². The number of anilines is 2. The number of nitrogens with one attached hydrogen (secondary N) is 4. The number of benzene rings is 2. The van der Waals surface area contributed by atoms with Gasteiger partial charge < -0.3 is 21.1 Å². The van der Waals surface area contributed by atoms with E-state index in [9.17, 15) is 13.2 Å². The largest absolute Gasteiger partial charge is 0.481 e. The Balaban J connectivity index is 1.86. The van der Waals surface area contributed by atoms with Gasteiger partial charge in [-0.2, -0.15) is 0 Å². The summed E-state index contributed by atoms with van der Waals surface area (Å²) < 4.78 is 26.1. The first kappa shape index (κ1) is 26.4. The number of unbranched alkanes of at least 4 members (excludes halogenated alkanes) is 1. The summed E-state index contributed by atoms with van der Waals surface area (Å²) in [6.07, 6.45) is 4.40. The van der Waals surface area contributed by atoms with E-state index in [2.05, 4.69) is 32.8 Å². The number of carbonyl (C=O) groups is 1. The molecule has 0 aromatic heterocycles. The monoisotopic (exact) mass is 492 g/mol. The molecule has 2 aromatic carbocycles. The van der Waals surface area contributed by atoms with Crippen molar-refractivity contribution in [3.63, 3.8) is 0 Å². The van der Waals surface area contributed by atoms with Crippen LogP contribution in [0.15, 0.2) is 48.5 Å². The molecule has 0 aliphatic heterocycles. The number of sulfonamides is 1. The van der Waals surface area contributed by atoms with E-state index in [1.54, 1.807) is 6.07 Å². The minimum absolute atomic E-state index is 0.00760. The first-order valence-electron chi connectivity index (χ1n) is 10.8. The van der Waals surface area contributed by atoms with Gasteiger partial charge in [0.15, 0.2) is 5.11 Å². The highest BCUT2D eigenvalue weighted by Crippen LogP contribution is 2.23. The molecule has 2 rings (SSSR count). The van der Waals surface area contributed by atoms with Crippen LogP contribution in [0.3, 0.4) is 0 Å². The van der Waals surface area contributed by atoms with Crippen LogP contribution in [0.5, 0.6) is 0 Å². The minimum atomic E-state index is -3.38. The smallest absolute Gasteiger partial charge is 0.305 e. The van der Waals surface area contributed by atoms with E-state index in [4.69, 9.17) is 17.3 Å². The normalized spacial score (nSPS) is 10.9. The fourth-order valence-electron chi connectivity index (χ4n) is 3.19. The Morgan fingerprint density at radius 3 is 2.39 bits per heavy atom. The zero-order valence-corrected chi connectivity index (χ0v) is 20.4. The number of hydrogen-bond donors (Lipinski definition) is 5. The molecule has 0 aliphatic carbocycles. The molecule has 0 bridgehead atoms. The second-order valence-corrected chi connectivity index (χ2v) is 9.85. The summed E-state index contributed by atoms with van der Waals surface area (Å²) in [6.45, 7) is 1.70. The molecule has 0 atom stereocenters. The lowest BCUT2D eigenvalue weighted by Crippen LogP contribution is -2.36. The fourth-order valence-corrected chi connectivity index (χ4v) is 4.00. The number of carboxylic acid groups (broad SMARTS) is 1. The van der Waals surface area contributed by atoms with Crippen molar-refractivity contribution >= 4 is 44.7 Å². The third-order valence-corrected chi connectivity index (χ3v) is 5.65. The molecule has 0 heterocycles. The molecule has 0 saturated heterocycles. The van der Waals surface area contributed by atoms with Crippen molar-refractivity contribution in [2.45, 2.75) is 32.1 Å². The number of thiocarbonyl (C=S) groups is 1. The number of hydrogen-bond acceptors (Lipinski definition) is 5. The van der Waals surface area contributed by atoms with Gasteiger partial charge in [0, 0.05) is 25.3 Å². The van der Waals surface area contributed by atoms with Crippen molar-refractivity contribution in [3.05, 3.63) is 59.7 Å². The van der Waals surface area contributed by atoms with E-state index >= 15 is 0 Å². The lowest BCUT2D eigenvalue weighted by Gasteiger charge is -2.14. The second kappa shape index (κ2) is 13.6. The highest BCUT2D eigenvalue weighted by molar-refractivity contribution is 7.92. The first-order chi connectivity index (χ1) is 15.7. The van der Waals surface area contributed by atoms with Gasteiger partial charge >= 0.3 is 5.97 Å². The van der Waals surface area contributed by atoms with Crippen LogP contribution in [0.1, 0.15) is 30.4 Å². The van der Waals surface area contributed by atoms with Crippen LogP contribution < -0.4 is 20.7 Å². The number of rotatable bonds is 14. The van der Waals surface area contributed by atoms with Crippen molar-refractivity contribution in [1.82, 2.24) is 10.6 Å². The van der Waals surface area contributed by atoms with Gasteiger partial charge in [0.25, 0.3) is 0 Å². The van der Waals surface area contributed by atoms with E-state index in [0.29, 0.717) is 23.8 Å². The highest BCUT2D eigenvalue weighted by atomic mass is 32.2. The zero-order valence-electron chi connectivity index (χ0n) is 18.8. The van der Waals surface area contributed by atoms with Gasteiger partial charge in [-0.15, -0.1) is 0 Å². The van der Waals surface area contributed by atoms with E-state index < -0.39 is 16.0 Å². The minimum Gasteiger partial charge on any atom is -0.481 e. The Hall–Kier alpha value is -2.85. The molecule has 0 unspecified atom stereocenters. The average molecular weight is 493 g/mol. The summed E-state index contributed by atoms with van der Waals surface area (Å²) in [4.78, 5) is 10.5. The summed E-state index contributed by atoms with van der Waals surface area (Å²) in [5.41, 5.74) is 3.71. The Bertz CT molecular complexity index is 1010. The third-order valence-electron chi connectivity index (χ3n) is 4.77. The van der Waals surface area contributed by atoms with E-state index in [1.165, 1.54) is 5.56 Å². The molecule has 0 saturated carbocycles. The Morgan fingerprint density at radius 1 is 0.970 bits per heavy atom. The molecule has 180 valence electrons. The Labute approximate surface area is 201 Å². The molecular weight excluding hydrogens is 460 g/mol. The molecule has 2 aromatic rings. The van der Waals surface area contributed by atoms with Crippen LogP contribution in [-0.4, -0.2) is 50.5 Å². The maximum atomic E-state index is 11.8. The molecule has 0 fully saturated rings. The Morgan fingerprint density at radius 2 is 1.70 bits per heavy atom. The van der Waals surface area contributed by atoms with Crippen LogP contribution in [0.2, 0.25) is 0 Å². The number of carboxylic acids is 1. The second-order valence-electron chi connectivity index (χ2n) is 7.69. The topological polar surface area (TPSA) is 120 Å². The standard InChI is InChI=1S/C23H32N4O4S2/c1-33(30,31)27-21-11-10-20(24-15-12-18-7-3-2-4-8-18)17-19(21)9-5-6-14-25-23(32)26-16-13-22(28)29/h2-4,7-8,10-11,17,24,27H,5-6,9,12-16H2,1H3,(H,28,29)(H2,25,26,32). The van der Waals surface area contributed by atoms with Crippen LogP contribution in [-0.2, 0) is 27.7 Å². The lowest BCUT2D eigenvalue weighted by molar-refractivity contribution is -0.136. The summed E-state index contributed by atoms with van der Waals surface area (Å²) in [5.74, 6) is -0.874. The van der Waals surface area contributed by atoms with Crippen LogP contribution in [0.25, 0.3) is 0 Å². The van der Waals surface area contributed by atoms with Crippen molar-refractivity contribution in [3.8, 4) is 0 Å². The van der Waals surface area contributed by atoms with Gasteiger partial charge in [-0.3, -0.25) is 9.52 Å². The Kier molecular flexibility index (Phi) is 10.9. The van der Waals surface area contributed by atoms with Crippen molar-refractivity contribution in [2.75, 3.05) is 35.9 Å². The zero-order chi connectivity index (χ0) is 24.1. The molecule has 0 spiro atoms. The third kappa shape index (κ3) is 11.5. The van der Waals surface area contributed by atoms with Gasteiger partial charge in [-0.1, -0.05) is 30.3 Å². The summed E-state index contributed by atoms with van der Waals surface area (Å²) in [6, 6.07) is 15.9. The summed E-state index contributed by atoms with van der Waals surface area (Å²) >= 11 is 5.12. The predicted molar refractivity (Wildman–Crippen MR) is 137 cm³/mol. The van der Waals surface area contributed by atoms with Gasteiger partial charge in [-0.05, 0) is 67.2 Å². The van der Waals surface area contributed by atoms with Crippen LogP contribution in [0.4, 0.5) is 11.4 Å². The van der Waals surface area contributed by atoms with Crippen LogP contribution in [0, 0.1) is 0 Å². The van der Waals surface area contributed by atoms with Gasteiger partial charge in [0.05, 0.1) is 18.4 Å². The first-order valence-corrected chi connectivity index (χ1v) is 13.1. The van der Waals surface area contributed by atoms with Crippen molar-refractivity contribution < 1.29 is 18.3 Å². The predicted octanol–water partition coefficient (Wildman–Crippen LogP) is 2.97. The molecule has 5 N–H and O–H groups in total. The average Bonchev–Trinajstić information content (AvgIpc) is 2.74. The molecule has 0 radical (unpaired) electrons. The molecule has 8 nitrogen and oxygen atoms in total. The maximum Gasteiger partial charge on any atom is 0.305 e. The quantitative estimate of drug-likeness (QED) is 0.202. The number of aliphatic carboxylic acids is 1. The van der Waals surface area contributed by atoms with Crippen LogP contribution >= 0.6 is 12.2 Å².